The van der Waals surface area contributed by atoms with E-state index in [4.69, 9.17) is 0 Å². The van der Waals surface area contributed by atoms with Gasteiger partial charge in [-0.2, -0.15) is 0 Å². The van der Waals surface area contributed by atoms with Gasteiger partial charge in [0.25, 0.3) is 0 Å². The van der Waals surface area contributed by atoms with Crippen LogP contribution in [0.3, 0.4) is 0 Å². The zero-order chi connectivity index (χ0) is 26.7. The van der Waals surface area contributed by atoms with Crippen LogP contribution in [-0.4, -0.2) is 98.8 Å². The lowest BCUT2D eigenvalue weighted by atomic mass is 10.3. The van der Waals surface area contributed by atoms with Crippen LogP contribution in [0.5, 0.6) is 0 Å². The first-order chi connectivity index (χ1) is 16.4. The van der Waals surface area contributed by atoms with E-state index in [0.717, 1.165) is 21.6 Å². The molecule has 0 aromatic heterocycles. The lowest BCUT2D eigenvalue weighted by molar-refractivity contribution is -0.142. The van der Waals surface area contributed by atoms with Crippen LogP contribution in [0.4, 0.5) is 0 Å². The highest BCUT2D eigenvalue weighted by molar-refractivity contribution is 8.01. The molecule has 0 aromatic rings. The summed E-state index contributed by atoms with van der Waals surface area (Å²) >= 11 is 2.30. The molecule has 2 rings (SSSR count). The van der Waals surface area contributed by atoms with Crippen LogP contribution in [0, 0.1) is 0 Å². The smallest absolute Gasteiger partial charge is 0.243 e. The maximum atomic E-state index is 11.9. The van der Waals surface area contributed by atoms with Crippen molar-refractivity contribution in [2.75, 3.05) is 31.6 Å². The molecule has 35 heavy (non-hydrogen) atoms. The molecular formula is C22H31N3O8S2. The molecule has 194 valence electrons. The van der Waals surface area contributed by atoms with Crippen molar-refractivity contribution in [2.45, 2.75) is 57.0 Å². The lowest BCUT2D eigenvalue weighted by Crippen LogP contribution is -2.36. The molecule has 1 N–H and O–H groups in total. The quantitative estimate of drug-likeness (QED) is 0.341. The van der Waals surface area contributed by atoms with Gasteiger partial charge in [0.2, 0.25) is 29.5 Å². The third-order valence-corrected chi connectivity index (χ3v) is 7.59. The monoisotopic (exact) mass is 529 g/mol. The van der Waals surface area contributed by atoms with Crippen molar-refractivity contribution >= 4 is 70.4 Å². The molecule has 11 nitrogen and oxygen atoms in total. The van der Waals surface area contributed by atoms with Crippen molar-refractivity contribution < 1.29 is 38.4 Å². The first-order valence-corrected chi connectivity index (χ1v) is 13.2. The van der Waals surface area contributed by atoms with Gasteiger partial charge in [-0.25, -0.2) is 0 Å². The Morgan fingerprint density at radius 1 is 0.800 bits per heavy atom. The van der Waals surface area contributed by atoms with Crippen molar-refractivity contribution in [3.8, 4) is 0 Å². The summed E-state index contributed by atoms with van der Waals surface area (Å²) in [4.78, 5) is 93.2. The van der Waals surface area contributed by atoms with E-state index in [1.807, 2.05) is 0 Å². The number of amides is 5. The van der Waals surface area contributed by atoms with E-state index in [0.29, 0.717) is 12.8 Å². The van der Waals surface area contributed by atoms with E-state index in [-0.39, 0.29) is 84.3 Å². The number of nitrogens with zero attached hydrogens (tertiary/aromatic N) is 2. The number of hydrogen-bond donors (Lipinski definition) is 1. The molecule has 2 aliphatic rings. The highest BCUT2D eigenvalue weighted by Crippen LogP contribution is 2.26. The van der Waals surface area contributed by atoms with Crippen LogP contribution in [0.1, 0.15) is 46.5 Å². The summed E-state index contributed by atoms with van der Waals surface area (Å²) in [7, 11) is 1.51. The van der Waals surface area contributed by atoms with Gasteiger partial charge >= 0.3 is 0 Å². The number of Topliss-reactive ketones (excluding diaryl/α,β-unsaturated/α-hetero) is 3. The van der Waals surface area contributed by atoms with E-state index >= 15 is 0 Å². The van der Waals surface area contributed by atoms with E-state index in [2.05, 4.69) is 5.32 Å². The van der Waals surface area contributed by atoms with Crippen molar-refractivity contribution in [1.29, 1.82) is 0 Å². The Balaban J connectivity index is 0.000000351. The third kappa shape index (κ3) is 9.55. The van der Waals surface area contributed by atoms with Gasteiger partial charge in [-0.15, -0.1) is 23.5 Å². The van der Waals surface area contributed by atoms with Crippen LogP contribution in [0.2, 0.25) is 0 Å². The number of thioether (sulfide) groups is 2. The first kappa shape index (κ1) is 30.5. The second-order valence-corrected chi connectivity index (χ2v) is 10.2. The maximum Gasteiger partial charge on any atom is 0.243 e. The topological polar surface area (TPSA) is 155 Å². The van der Waals surface area contributed by atoms with Gasteiger partial charge in [0, 0.05) is 32.7 Å². The molecule has 0 bridgehead atoms. The van der Waals surface area contributed by atoms with Gasteiger partial charge in [0.05, 0.1) is 35.1 Å². The fraction of sp³-hybridized carbons (Fsp3) is 0.636. The zero-order valence-corrected chi connectivity index (χ0v) is 21.9. The highest BCUT2D eigenvalue weighted by atomic mass is 32.2. The minimum absolute atomic E-state index is 0.0293. The largest absolute Gasteiger partial charge is 0.358 e. The summed E-state index contributed by atoms with van der Waals surface area (Å²) in [5, 5.41) is 1.40. The van der Waals surface area contributed by atoms with E-state index in [1.165, 1.54) is 25.7 Å². The first-order valence-electron chi connectivity index (χ1n) is 11.1. The predicted molar refractivity (Wildman–Crippen MR) is 131 cm³/mol. The van der Waals surface area contributed by atoms with Gasteiger partial charge < -0.3 is 5.32 Å². The molecule has 2 fully saturated rings. The second-order valence-electron chi connectivity index (χ2n) is 7.80. The minimum Gasteiger partial charge on any atom is -0.358 e. The summed E-state index contributed by atoms with van der Waals surface area (Å²) in [5.41, 5.74) is 0. The van der Waals surface area contributed by atoms with Gasteiger partial charge in [0.15, 0.2) is 11.6 Å². The van der Waals surface area contributed by atoms with E-state index in [9.17, 15) is 38.4 Å². The van der Waals surface area contributed by atoms with Crippen LogP contribution in [-0.2, 0) is 38.4 Å². The Hall–Kier alpha value is -2.54. The average molecular weight is 530 g/mol. The van der Waals surface area contributed by atoms with Gasteiger partial charge in [-0.3, -0.25) is 48.2 Å². The molecule has 0 aromatic carbocycles. The molecule has 5 amide bonds. The Bertz CT molecular complexity index is 892. The highest BCUT2D eigenvalue weighted by Gasteiger charge is 2.40. The number of likely N-dealkylation sites (tertiary alicyclic amines) is 2. The number of carbonyl (C=O) groups is 8. The minimum atomic E-state index is -0.542. The van der Waals surface area contributed by atoms with Gasteiger partial charge in [-0.05, 0) is 6.92 Å². The molecule has 0 spiro atoms. The summed E-state index contributed by atoms with van der Waals surface area (Å²) < 4.78 is 0. The lowest BCUT2D eigenvalue weighted by Gasteiger charge is -2.13. The molecule has 0 radical (unpaired) electrons. The van der Waals surface area contributed by atoms with Crippen molar-refractivity contribution in [2.24, 2.45) is 0 Å². The standard InChI is InChI=1S/C11H16N2O4S.C11H15NO4S/c1-3-7(14)5-13-10(16)4-8(11(13)17)18-6-9(15)12-2;1-3-8(14)5-12-10(15)4-9(11(12)16)17-6-7(2)13/h8H,3-6H2,1-2H3,(H,12,15);9H,3-6H2,1-2H3. The van der Waals surface area contributed by atoms with Crippen molar-refractivity contribution in [3.63, 3.8) is 0 Å². The Labute approximate surface area is 212 Å². The van der Waals surface area contributed by atoms with E-state index < -0.39 is 10.5 Å². The average Bonchev–Trinajstić information content (AvgIpc) is 3.25. The fourth-order valence-corrected chi connectivity index (χ4v) is 4.93. The Morgan fingerprint density at radius 2 is 1.20 bits per heavy atom. The molecular weight excluding hydrogens is 498 g/mol. The van der Waals surface area contributed by atoms with Crippen LogP contribution in [0.15, 0.2) is 0 Å². The summed E-state index contributed by atoms with van der Waals surface area (Å²) in [6.07, 6.45) is 0.765. The van der Waals surface area contributed by atoms with E-state index in [1.54, 1.807) is 13.8 Å². The van der Waals surface area contributed by atoms with Gasteiger partial charge in [-0.1, -0.05) is 13.8 Å². The van der Waals surface area contributed by atoms with Crippen LogP contribution < -0.4 is 5.32 Å². The number of ketones is 3. The number of rotatable bonds is 12. The fourth-order valence-electron chi connectivity index (χ4n) is 2.94. The molecule has 2 heterocycles. The maximum absolute atomic E-state index is 11.9. The molecule has 2 aliphatic heterocycles. The Morgan fingerprint density at radius 3 is 1.54 bits per heavy atom. The molecule has 13 heteroatoms. The van der Waals surface area contributed by atoms with Crippen molar-refractivity contribution in [1.82, 2.24) is 15.1 Å². The molecule has 0 saturated carbocycles. The zero-order valence-electron chi connectivity index (χ0n) is 20.3. The van der Waals surface area contributed by atoms with Crippen LogP contribution >= 0.6 is 23.5 Å². The normalized spacial score (nSPS) is 19.5. The summed E-state index contributed by atoms with van der Waals surface area (Å²) in [6, 6.07) is 0. The van der Waals surface area contributed by atoms with Crippen molar-refractivity contribution in [3.05, 3.63) is 0 Å². The number of nitrogens with one attached hydrogen (secondary N) is 1. The SMILES string of the molecule is CCC(=O)CN1C(=O)CC(SCC(=O)NC)C1=O.CCC(=O)CN1C(=O)CC(SCC(C)=O)C1=O. The molecule has 2 saturated heterocycles. The summed E-state index contributed by atoms with van der Waals surface area (Å²) in [5.74, 6) is -1.51. The van der Waals surface area contributed by atoms with Crippen LogP contribution in [0.25, 0.3) is 0 Å². The molecule has 0 aliphatic carbocycles. The summed E-state index contributed by atoms with van der Waals surface area (Å²) in [6.45, 7) is 4.53. The number of imide groups is 2. The Kier molecular flexibility index (Phi) is 12.9. The molecule has 2 atom stereocenters. The predicted octanol–water partition coefficient (Wildman–Crippen LogP) is -0.0126. The number of hydrogen-bond acceptors (Lipinski definition) is 10. The second kappa shape index (κ2) is 14.8. The number of carbonyl (C=O) groups excluding carboxylic acids is 8. The molecule has 2 unspecified atom stereocenters. The van der Waals surface area contributed by atoms with Gasteiger partial charge in [0.1, 0.15) is 5.78 Å². The third-order valence-electron chi connectivity index (χ3n) is 5.04.